The van der Waals surface area contributed by atoms with E-state index in [1.807, 2.05) is 0 Å². The molecule has 11 heteroatoms. The Morgan fingerprint density at radius 2 is 2.00 bits per heavy atom. The molecular formula is C11H17N5O5S. The summed E-state index contributed by atoms with van der Waals surface area (Å²) in [4.78, 5) is 23.1. The van der Waals surface area contributed by atoms with Gasteiger partial charge in [0.2, 0.25) is 10.0 Å². The number of nitrogens with one attached hydrogen (secondary N) is 2. The maximum Gasteiger partial charge on any atom is 0.309 e. The summed E-state index contributed by atoms with van der Waals surface area (Å²) in [5.74, 6) is -1.52. The van der Waals surface area contributed by atoms with Crippen molar-refractivity contribution in [3.63, 3.8) is 0 Å². The number of hydrogen-bond donors (Lipinski definition) is 2. The van der Waals surface area contributed by atoms with Gasteiger partial charge in [0.25, 0.3) is 0 Å². The van der Waals surface area contributed by atoms with Crippen molar-refractivity contribution in [1.29, 1.82) is 0 Å². The van der Waals surface area contributed by atoms with Crippen molar-refractivity contribution in [3.05, 3.63) is 11.4 Å². The van der Waals surface area contributed by atoms with Crippen molar-refractivity contribution in [2.45, 2.75) is 19.9 Å². The lowest BCUT2D eigenvalue weighted by atomic mass is 10.3. The Morgan fingerprint density at radius 3 is 2.59 bits per heavy atom. The largest absolute Gasteiger partial charge is 0.347 e. The summed E-state index contributed by atoms with van der Waals surface area (Å²) < 4.78 is 28.9. The van der Waals surface area contributed by atoms with Crippen molar-refractivity contribution in [2.75, 3.05) is 25.4 Å². The van der Waals surface area contributed by atoms with E-state index in [0.29, 0.717) is 24.4 Å². The van der Waals surface area contributed by atoms with Crippen LogP contribution in [0.15, 0.2) is 4.63 Å². The Bertz CT molecular complexity index is 656. The molecule has 0 bridgehead atoms. The van der Waals surface area contributed by atoms with E-state index in [0.717, 1.165) is 0 Å². The fourth-order valence-electron chi connectivity index (χ4n) is 1.97. The number of aromatic nitrogens is 2. The number of nitrogens with zero attached hydrogens (tertiary/aromatic N) is 3. The van der Waals surface area contributed by atoms with Crippen LogP contribution in [-0.2, 0) is 26.2 Å². The first-order chi connectivity index (χ1) is 10.4. The smallest absolute Gasteiger partial charge is 0.309 e. The molecular weight excluding hydrogens is 314 g/mol. The van der Waals surface area contributed by atoms with Crippen molar-refractivity contribution < 1.29 is 22.6 Å². The molecule has 22 heavy (non-hydrogen) atoms. The van der Waals surface area contributed by atoms with E-state index < -0.39 is 21.8 Å². The second-order valence-electron chi connectivity index (χ2n) is 4.80. The highest BCUT2D eigenvalue weighted by Gasteiger charge is 2.27. The second kappa shape index (κ2) is 6.83. The zero-order valence-electron chi connectivity index (χ0n) is 12.0. The Labute approximate surface area is 127 Å². The number of carbonyl (C=O) groups excluding carboxylic acids is 2. The molecule has 2 amide bonds. The van der Waals surface area contributed by atoms with Gasteiger partial charge in [-0.3, -0.25) is 9.59 Å². The van der Waals surface area contributed by atoms with Crippen LogP contribution in [0.25, 0.3) is 0 Å². The molecule has 0 unspecified atom stereocenters. The standard InChI is InChI=1S/C11H17N5O5S/c1-8-9(15-21-14-8)7-13-11(18)10(17)12-3-5-16-4-2-6-22(16,19)20/h2-7H2,1H3,(H,12,17)(H,13,18). The average molecular weight is 331 g/mol. The molecule has 122 valence electrons. The number of hydrogen-bond acceptors (Lipinski definition) is 7. The fraction of sp³-hybridized carbons (Fsp3) is 0.636. The van der Waals surface area contributed by atoms with E-state index >= 15 is 0 Å². The number of sulfonamides is 1. The lowest BCUT2D eigenvalue weighted by Crippen LogP contribution is -2.43. The quantitative estimate of drug-likeness (QED) is 0.604. The van der Waals surface area contributed by atoms with Gasteiger partial charge in [-0.25, -0.2) is 17.4 Å². The molecule has 1 fully saturated rings. The topological polar surface area (TPSA) is 134 Å². The molecule has 1 aromatic rings. The maximum absolute atomic E-state index is 11.6. The number of rotatable bonds is 5. The van der Waals surface area contributed by atoms with Crippen LogP contribution < -0.4 is 10.6 Å². The van der Waals surface area contributed by atoms with Crippen LogP contribution in [0, 0.1) is 6.92 Å². The molecule has 2 rings (SSSR count). The van der Waals surface area contributed by atoms with Gasteiger partial charge in [0, 0.05) is 19.6 Å². The first-order valence-electron chi connectivity index (χ1n) is 6.72. The van der Waals surface area contributed by atoms with Crippen LogP contribution in [-0.4, -0.2) is 60.2 Å². The Hall–Kier alpha value is -2.01. The van der Waals surface area contributed by atoms with Gasteiger partial charge in [0.15, 0.2) is 0 Å². The molecule has 0 saturated carbocycles. The van der Waals surface area contributed by atoms with Crippen LogP contribution in [0.4, 0.5) is 0 Å². The number of aryl methyl sites for hydroxylation is 1. The molecule has 1 aromatic heterocycles. The Kier molecular flexibility index (Phi) is 5.08. The van der Waals surface area contributed by atoms with Crippen molar-refractivity contribution >= 4 is 21.8 Å². The third-order valence-electron chi connectivity index (χ3n) is 3.22. The molecule has 1 aliphatic rings. The van der Waals surface area contributed by atoms with Crippen LogP contribution in [0.2, 0.25) is 0 Å². The van der Waals surface area contributed by atoms with Gasteiger partial charge < -0.3 is 10.6 Å². The Balaban J connectivity index is 1.70. The molecule has 0 spiro atoms. The molecule has 0 atom stereocenters. The first-order valence-corrected chi connectivity index (χ1v) is 8.33. The average Bonchev–Trinajstić information content (AvgIpc) is 3.02. The second-order valence-corrected chi connectivity index (χ2v) is 6.89. The minimum absolute atomic E-state index is 0.0299. The van der Waals surface area contributed by atoms with Crippen molar-refractivity contribution in [1.82, 2.24) is 25.3 Å². The lowest BCUT2D eigenvalue weighted by molar-refractivity contribution is -0.139. The van der Waals surface area contributed by atoms with E-state index in [1.54, 1.807) is 6.92 Å². The van der Waals surface area contributed by atoms with Crippen LogP contribution in [0.3, 0.4) is 0 Å². The zero-order chi connectivity index (χ0) is 16.2. The van der Waals surface area contributed by atoms with Gasteiger partial charge in [-0.1, -0.05) is 10.3 Å². The molecule has 0 radical (unpaired) electrons. The van der Waals surface area contributed by atoms with Gasteiger partial charge in [0.1, 0.15) is 11.4 Å². The zero-order valence-corrected chi connectivity index (χ0v) is 12.9. The highest BCUT2D eigenvalue weighted by Crippen LogP contribution is 2.11. The predicted molar refractivity (Wildman–Crippen MR) is 73.9 cm³/mol. The summed E-state index contributed by atoms with van der Waals surface area (Å²) in [6.45, 7) is 2.38. The van der Waals surface area contributed by atoms with Gasteiger partial charge in [-0.15, -0.1) is 0 Å². The summed E-state index contributed by atoms with van der Waals surface area (Å²) >= 11 is 0. The van der Waals surface area contributed by atoms with E-state index in [1.165, 1.54) is 4.31 Å². The summed E-state index contributed by atoms with van der Waals surface area (Å²) in [7, 11) is -3.19. The first kappa shape index (κ1) is 16.4. The molecule has 10 nitrogen and oxygen atoms in total. The number of carbonyl (C=O) groups is 2. The molecule has 1 aliphatic heterocycles. The molecule has 0 aliphatic carbocycles. The summed E-state index contributed by atoms with van der Waals surface area (Å²) in [5, 5.41) is 11.9. The van der Waals surface area contributed by atoms with E-state index in [9.17, 15) is 18.0 Å². The predicted octanol–water partition coefficient (Wildman–Crippen LogP) is -1.85. The van der Waals surface area contributed by atoms with Crippen molar-refractivity contribution in [2.24, 2.45) is 0 Å². The third-order valence-corrected chi connectivity index (χ3v) is 5.18. The highest BCUT2D eigenvalue weighted by atomic mass is 32.2. The van der Waals surface area contributed by atoms with Crippen LogP contribution in [0.5, 0.6) is 0 Å². The molecule has 0 aromatic carbocycles. The van der Waals surface area contributed by atoms with Crippen LogP contribution in [0.1, 0.15) is 17.8 Å². The minimum atomic E-state index is -3.19. The Morgan fingerprint density at radius 1 is 1.27 bits per heavy atom. The monoisotopic (exact) mass is 331 g/mol. The summed E-state index contributed by atoms with van der Waals surface area (Å²) in [6.07, 6.45) is 0.585. The fourth-order valence-corrected chi connectivity index (χ4v) is 3.50. The molecule has 2 heterocycles. The lowest BCUT2D eigenvalue weighted by Gasteiger charge is -2.14. The van der Waals surface area contributed by atoms with Crippen molar-refractivity contribution in [3.8, 4) is 0 Å². The van der Waals surface area contributed by atoms with Gasteiger partial charge in [-0.05, 0) is 13.3 Å². The summed E-state index contributed by atoms with van der Waals surface area (Å²) in [6, 6.07) is 0. The maximum atomic E-state index is 11.6. The van der Waals surface area contributed by atoms with E-state index in [-0.39, 0.29) is 25.4 Å². The third kappa shape index (κ3) is 4.01. The van der Waals surface area contributed by atoms with E-state index in [2.05, 4.69) is 25.6 Å². The minimum Gasteiger partial charge on any atom is -0.347 e. The van der Waals surface area contributed by atoms with Crippen LogP contribution >= 0.6 is 0 Å². The SMILES string of the molecule is Cc1nonc1CNC(=O)C(=O)NCCN1CCCS1(=O)=O. The number of amides is 2. The highest BCUT2D eigenvalue weighted by molar-refractivity contribution is 7.89. The van der Waals surface area contributed by atoms with Gasteiger partial charge in [-0.2, -0.15) is 0 Å². The summed E-state index contributed by atoms with van der Waals surface area (Å²) in [5.41, 5.74) is 0.962. The van der Waals surface area contributed by atoms with Gasteiger partial charge >= 0.3 is 11.8 Å². The molecule has 2 N–H and O–H groups in total. The molecule has 1 saturated heterocycles. The van der Waals surface area contributed by atoms with E-state index in [4.69, 9.17) is 0 Å². The normalized spacial score (nSPS) is 17.3. The van der Waals surface area contributed by atoms with Gasteiger partial charge in [0.05, 0.1) is 12.3 Å².